The molecular weight excluding hydrogens is 355 g/mol. The van der Waals surface area contributed by atoms with E-state index in [2.05, 4.69) is 4.98 Å². The zero-order valence-electron chi connectivity index (χ0n) is 11.3. The van der Waals surface area contributed by atoms with E-state index in [-0.39, 0.29) is 26.2 Å². The van der Waals surface area contributed by atoms with Crippen LogP contribution in [0.2, 0.25) is 0 Å². The first-order valence-electron chi connectivity index (χ1n) is 6.23. The number of alkyl halides is 7. The van der Waals surface area contributed by atoms with Gasteiger partial charge in [-0.05, 0) is 0 Å². The van der Waals surface area contributed by atoms with Crippen LogP contribution >= 0.6 is 11.3 Å². The molecule has 23 heavy (non-hydrogen) atoms. The molecule has 12 heteroatoms. The highest BCUT2D eigenvalue weighted by Gasteiger charge is 2.76. The van der Waals surface area contributed by atoms with E-state index >= 15 is 0 Å². The van der Waals surface area contributed by atoms with Crippen LogP contribution in [-0.4, -0.2) is 60.0 Å². The molecule has 1 aromatic rings. The summed E-state index contributed by atoms with van der Waals surface area (Å²) < 4.78 is 88.7. The molecule has 0 N–H and O–H groups in total. The van der Waals surface area contributed by atoms with Gasteiger partial charge in [-0.3, -0.25) is 9.78 Å². The summed E-state index contributed by atoms with van der Waals surface area (Å²) in [5.41, 5.74) is 1.52. The summed E-state index contributed by atoms with van der Waals surface area (Å²) in [4.78, 5) is 17.3. The normalized spacial score (nSPS) is 17.5. The van der Waals surface area contributed by atoms with Crippen molar-refractivity contribution in [3.63, 3.8) is 0 Å². The summed E-state index contributed by atoms with van der Waals surface area (Å²) in [6.07, 6.45) is -5.02. The van der Waals surface area contributed by atoms with Crippen molar-refractivity contribution in [2.45, 2.75) is 18.0 Å². The van der Waals surface area contributed by atoms with Gasteiger partial charge >= 0.3 is 18.0 Å². The zero-order valence-corrected chi connectivity index (χ0v) is 12.1. The van der Waals surface area contributed by atoms with Crippen molar-refractivity contribution in [3.05, 3.63) is 11.7 Å². The second-order valence-electron chi connectivity index (χ2n) is 4.77. The molecule has 0 saturated carbocycles. The van der Waals surface area contributed by atoms with Crippen LogP contribution < -0.4 is 4.90 Å². The lowest BCUT2D eigenvalue weighted by atomic mass is 10.1. The lowest BCUT2D eigenvalue weighted by Gasteiger charge is -2.37. The van der Waals surface area contributed by atoms with Crippen molar-refractivity contribution in [1.82, 2.24) is 9.88 Å². The topological polar surface area (TPSA) is 36.4 Å². The average molecular weight is 365 g/mol. The molecule has 1 saturated heterocycles. The quantitative estimate of drug-likeness (QED) is 0.773. The van der Waals surface area contributed by atoms with E-state index in [9.17, 15) is 35.5 Å². The van der Waals surface area contributed by atoms with Crippen LogP contribution in [0.3, 0.4) is 0 Å². The van der Waals surface area contributed by atoms with Gasteiger partial charge in [0.1, 0.15) is 5.00 Å². The number of halogens is 7. The molecule has 0 atom stereocenters. The minimum absolute atomic E-state index is 0.0294. The average Bonchev–Trinajstić information content (AvgIpc) is 2.99. The van der Waals surface area contributed by atoms with Crippen LogP contribution in [0.4, 0.5) is 35.7 Å². The number of hydrogen-bond acceptors (Lipinski definition) is 4. The molecule has 0 bridgehead atoms. The molecule has 2 rings (SSSR count). The molecule has 4 nitrogen and oxygen atoms in total. The molecule has 1 fully saturated rings. The van der Waals surface area contributed by atoms with Gasteiger partial charge in [-0.25, -0.2) is 0 Å². The number of carbonyl (C=O) groups is 1. The van der Waals surface area contributed by atoms with E-state index in [4.69, 9.17) is 0 Å². The summed E-state index contributed by atoms with van der Waals surface area (Å²) in [5.74, 6) is -14.8. The Kier molecular flexibility index (Phi) is 4.48. The minimum Gasteiger partial charge on any atom is -0.359 e. The van der Waals surface area contributed by atoms with Crippen LogP contribution in [0.5, 0.6) is 0 Å². The Morgan fingerprint density at radius 3 is 2.04 bits per heavy atom. The summed E-state index contributed by atoms with van der Waals surface area (Å²) in [6, 6.07) is 0. The summed E-state index contributed by atoms with van der Waals surface area (Å²) >= 11 is 1.25. The first-order chi connectivity index (χ1) is 10.5. The molecule has 1 aromatic heterocycles. The maximum atomic E-state index is 13.4. The molecule has 2 heterocycles. The number of anilines is 1. The molecule has 0 aromatic carbocycles. The lowest BCUT2D eigenvalue weighted by molar-refractivity contribution is -0.346. The zero-order chi connectivity index (χ0) is 17.5. The number of thiazole rings is 1. The third-order valence-corrected chi connectivity index (χ3v) is 4.15. The van der Waals surface area contributed by atoms with Gasteiger partial charge in [0.05, 0.1) is 11.7 Å². The second kappa shape index (κ2) is 5.80. The third kappa shape index (κ3) is 3.08. The van der Waals surface area contributed by atoms with Crippen molar-refractivity contribution in [2.75, 3.05) is 31.1 Å². The van der Waals surface area contributed by atoms with E-state index in [1.807, 2.05) is 0 Å². The number of rotatable bonds is 3. The Balaban J connectivity index is 2.07. The highest BCUT2D eigenvalue weighted by molar-refractivity contribution is 7.13. The van der Waals surface area contributed by atoms with E-state index in [1.54, 1.807) is 4.90 Å². The Labute approximate surface area is 129 Å². The lowest BCUT2D eigenvalue weighted by Crippen LogP contribution is -2.62. The molecule has 0 spiro atoms. The number of nitrogens with zero attached hydrogens (tertiary/aromatic N) is 3. The highest BCUT2D eigenvalue weighted by atomic mass is 32.1. The van der Waals surface area contributed by atoms with Gasteiger partial charge in [-0.1, -0.05) is 0 Å². The predicted octanol–water partition coefficient (Wildman–Crippen LogP) is 2.62. The maximum Gasteiger partial charge on any atom is 0.460 e. The number of carbonyl (C=O) groups excluding carboxylic acids is 1. The van der Waals surface area contributed by atoms with Gasteiger partial charge < -0.3 is 9.80 Å². The van der Waals surface area contributed by atoms with Crippen LogP contribution in [0.25, 0.3) is 0 Å². The first kappa shape index (κ1) is 17.8. The Morgan fingerprint density at radius 1 is 1.04 bits per heavy atom. The molecule has 0 radical (unpaired) electrons. The van der Waals surface area contributed by atoms with Gasteiger partial charge in [0.15, 0.2) is 0 Å². The second-order valence-corrected chi connectivity index (χ2v) is 5.63. The highest BCUT2D eigenvalue weighted by Crippen LogP contribution is 2.47. The minimum atomic E-state index is -6.52. The van der Waals surface area contributed by atoms with Crippen molar-refractivity contribution >= 4 is 22.2 Å². The molecule has 1 aliphatic heterocycles. The smallest absolute Gasteiger partial charge is 0.359 e. The largest absolute Gasteiger partial charge is 0.460 e. The van der Waals surface area contributed by atoms with Crippen molar-refractivity contribution in [1.29, 1.82) is 0 Å². The van der Waals surface area contributed by atoms with Gasteiger partial charge in [0.25, 0.3) is 5.91 Å². The van der Waals surface area contributed by atoms with Crippen LogP contribution in [-0.2, 0) is 4.79 Å². The Hall–Kier alpha value is -1.59. The van der Waals surface area contributed by atoms with E-state index < -0.39 is 23.9 Å². The summed E-state index contributed by atoms with van der Waals surface area (Å²) in [5, 5.41) is 0.685. The summed E-state index contributed by atoms with van der Waals surface area (Å²) in [6.45, 7) is -0.719. The SMILES string of the molecule is O=C(N1CCN(c2cncs2)CC1)C(F)(F)C(F)(F)C(F)(F)F. The molecule has 1 amide bonds. The Bertz CT molecular complexity index is 552. The van der Waals surface area contributed by atoms with Gasteiger partial charge in [-0.2, -0.15) is 30.7 Å². The number of amides is 1. The number of aromatic nitrogens is 1. The standard InChI is InChI=1S/C11H10F7N3OS/c12-9(13,10(14,15)11(16,17)18)8(22)21-3-1-20(2-4-21)7-5-19-6-23-7/h5-6H,1-4H2. The van der Waals surface area contributed by atoms with Crippen molar-refractivity contribution < 1.29 is 35.5 Å². The molecule has 0 unspecified atom stereocenters. The molecule has 1 aliphatic rings. The van der Waals surface area contributed by atoms with Gasteiger partial charge in [0.2, 0.25) is 0 Å². The fourth-order valence-corrected chi connectivity index (χ4v) is 2.69. The molecule has 130 valence electrons. The van der Waals surface area contributed by atoms with E-state index in [0.717, 1.165) is 0 Å². The molecule has 0 aliphatic carbocycles. The van der Waals surface area contributed by atoms with Crippen LogP contribution in [0.1, 0.15) is 0 Å². The van der Waals surface area contributed by atoms with Crippen molar-refractivity contribution in [3.8, 4) is 0 Å². The van der Waals surface area contributed by atoms with Gasteiger partial charge in [-0.15, -0.1) is 11.3 Å². The Morgan fingerprint density at radius 2 is 1.61 bits per heavy atom. The first-order valence-corrected chi connectivity index (χ1v) is 7.11. The van der Waals surface area contributed by atoms with Crippen LogP contribution in [0, 0.1) is 0 Å². The monoisotopic (exact) mass is 365 g/mol. The fraction of sp³-hybridized carbons (Fsp3) is 0.636. The third-order valence-electron chi connectivity index (χ3n) is 3.32. The van der Waals surface area contributed by atoms with Gasteiger partial charge in [0, 0.05) is 26.2 Å². The number of hydrogen-bond donors (Lipinski definition) is 0. The number of piperazine rings is 1. The van der Waals surface area contributed by atoms with Crippen molar-refractivity contribution in [2.24, 2.45) is 0 Å². The van der Waals surface area contributed by atoms with Crippen LogP contribution in [0.15, 0.2) is 11.7 Å². The fourth-order valence-electron chi connectivity index (χ4n) is 2.01. The molecular formula is C11H10F7N3OS. The van der Waals surface area contributed by atoms with E-state index in [0.29, 0.717) is 9.90 Å². The maximum absolute atomic E-state index is 13.4. The predicted molar refractivity (Wildman–Crippen MR) is 66.9 cm³/mol. The summed E-state index contributed by atoms with van der Waals surface area (Å²) in [7, 11) is 0. The van der Waals surface area contributed by atoms with E-state index in [1.165, 1.54) is 23.0 Å².